The lowest BCUT2D eigenvalue weighted by Crippen LogP contribution is -2.31. The minimum absolute atomic E-state index is 0.00242. The lowest BCUT2D eigenvalue weighted by Gasteiger charge is -2.12. The molecule has 1 aliphatic heterocycles. The lowest BCUT2D eigenvalue weighted by atomic mass is 10.2. The number of hydrogen-bond donors (Lipinski definition) is 1. The van der Waals surface area contributed by atoms with E-state index in [1.165, 1.54) is 11.3 Å². The fourth-order valence-corrected chi connectivity index (χ4v) is 4.17. The van der Waals surface area contributed by atoms with E-state index in [0.717, 1.165) is 36.4 Å². The van der Waals surface area contributed by atoms with Crippen molar-refractivity contribution in [1.82, 2.24) is 19.9 Å². The van der Waals surface area contributed by atoms with Gasteiger partial charge in [-0.25, -0.2) is 9.50 Å². The van der Waals surface area contributed by atoms with Crippen LogP contribution in [0.5, 0.6) is 0 Å². The Labute approximate surface area is 168 Å². The van der Waals surface area contributed by atoms with Gasteiger partial charge >= 0.3 is 6.18 Å². The van der Waals surface area contributed by atoms with Gasteiger partial charge in [-0.2, -0.15) is 18.3 Å². The number of thiophene rings is 1. The molecule has 4 heterocycles. The summed E-state index contributed by atoms with van der Waals surface area (Å²) in [5.74, 6) is -0.520. The van der Waals surface area contributed by atoms with Crippen molar-refractivity contribution in [3.63, 3.8) is 0 Å². The summed E-state index contributed by atoms with van der Waals surface area (Å²) in [6, 6.07) is 4.58. The van der Waals surface area contributed by atoms with Gasteiger partial charge < -0.3 is 10.1 Å². The van der Waals surface area contributed by atoms with Crippen molar-refractivity contribution in [1.29, 1.82) is 0 Å². The Kier molecular flexibility index (Phi) is 5.30. The predicted octanol–water partition coefficient (Wildman–Crippen LogP) is 3.95. The third-order valence-electron chi connectivity index (χ3n) is 4.78. The van der Waals surface area contributed by atoms with E-state index >= 15 is 0 Å². The summed E-state index contributed by atoms with van der Waals surface area (Å²) in [7, 11) is 0. The zero-order valence-electron chi connectivity index (χ0n) is 15.6. The molecular weight excluding hydrogens is 405 g/mol. The van der Waals surface area contributed by atoms with Gasteiger partial charge in [0.05, 0.1) is 22.9 Å². The van der Waals surface area contributed by atoms with Gasteiger partial charge in [-0.1, -0.05) is 6.92 Å². The fraction of sp³-hybridized carbons (Fsp3) is 0.421. The number of nitrogens with zero attached hydrogens (tertiary/aromatic N) is 3. The minimum atomic E-state index is -4.64. The van der Waals surface area contributed by atoms with Crippen LogP contribution in [-0.4, -0.2) is 39.8 Å². The van der Waals surface area contributed by atoms with Gasteiger partial charge in [0.25, 0.3) is 5.91 Å². The number of fused-ring (bicyclic) bond motifs is 1. The standard InChI is InChI=1S/C19H19F3N4O2S/c1-2-12-5-6-15(29-12)14-8-16(19(20,21)22)26-17(25-14)13(10-24-26)18(27)23-9-11-4-3-7-28-11/h5-6,8,10-11H,2-4,7,9H2,1H3,(H,23,27)/t11-/m1/s1. The van der Waals surface area contributed by atoms with Gasteiger partial charge in [-0.05, 0) is 37.5 Å². The molecule has 0 unspecified atom stereocenters. The fourth-order valence-electron chi connectivity index (χ4n) is 3.26. The molecule has 0 saturated carbocycles. The molecule has 0 radical (unpaired) electrons. The normalized spacial score (nSPS) is 17.2. The number of nitrogens with one attached hydrogen (secondary N) is 1. The first-order valence-corrected chi connectivity index (χ1v) is 10.1. The Bertz CT molecular complexity index is 1040. The molecule has 154 valence electrons. The van der Waals surface area contributed by atoms with E-state index in [0.29, 0.717) is 22.5 Å². The molecule has 0 aromatic carbocycles. The van der Waals surface area contributed by atoms with E-state index in [1.54, 1.807) is 6.07 Å². The van der Waals surface area contributed by atoms with Crippen LogP contribution in [0.2, 0.25) is 0 Å². The molecule has 3 aromatic heterocycles. The van der Waals surface area contributed by atoms with Gasteiger partial charge in [0.2, 0.25) is 0 Å². The molecule has 3 aromatic rings. The van der Waals surface area contributed by atoms with Crippen LogP contribution in [0, 0.1) is 0 Å². The number of carbonyl (C=O) groups is 1. The van der Waals surface area contributed by atoms with E-state index in [-0.39, 0.29) is 23.0 Å². The van der Waals surface area contributed by atoms with Gasteiger partial charge in [-0.15, -0.1) is 11.3 Å². The third kappa shape index (κ3) is 3.99. The summed E-state index contributed by atoms with van der Waals surface area (Å²) in [5.41, 5.74) is -0.918. The highest BCUT2D eigenvalue weighted by Gasteiger charge is 2.36. The van der Waals surface area contributed by atoms with Gasteiger partial charge in [0.1, 0.15) is 5.56 Å². The van der Waals surface area contributed by atoms with Crippen LogP contribution in [0.4, 0.5) is 13.2 Å². The molecule has 6 nitrogen and oxygen atoms in total. The zero-order valence-corrected chi connectivity index (χ0v) is 16.4. The van der Waals surface area contributed by atoms with Crippen molar-refractivity contribution in [2.75, 3.05) is 13.2 Å². The molecule has 10 heteroatoms. The smallest absolute Gasteiger partial charge is 0.376 e. The number of carbonyl (C=O) groups excluding carboxylic acids is 1. The Hall–Kier alpha value is -2.46. The molecule has 1 N–H and O–H groups in total. The maximum Gasteiger partial charge on any atom is 0.433 e. The van der Waals surface area contributed by atoms with E-state index in [4.69, 9.17) is 4.74 Å². The number of alkyl halides is 3. The van der Waals surface area contributed by atoms with Crippen molar-refractivity contribution < 1.29 is 22.7 Å². The second-order valence-electron chi connectivity index (χ2n) is 6.78. The Balaban J connectivity index is 1.74. The summed E-state index contributed by atoms with van der Waals surface area (Å²) in [4.78, 5) is 18.6. The number of rotatable bonds is 5. The summed E-state index contributed by atoms with van der Waals surface area (Å²) in [6.07, 6.45) is -1.04. The Morgan fingerprint density at radius 2 is 2.24 bits per heavy atom. The number of aryl methyl sites for hydroxylation is 1. The highest BCUT2D eigenvalue weighted by molar-refractivity contribution is 7.15. The van der Waals surface area contributed by atoms with Crippen LogP contribution >= 0.6 is 11.3 Å². The van der Waals surface area contributed by atoms with Crippen LogP contribution in [0.3, 0.4) is 0 Å². The van der Waals surface area contributed by atoms with Crippen molar-refractivity contribution in [3.8, 4) is 10.6 Å². The maximum absolute atomic E-state index is 13.6. The first-order valence-electron chi connectivity index (χ1n) is 9.31. The monoisotopic (exact) mass is 424 g/mol. The van der Waals surface area contributed by atoms with E-state index in [2.05, 4.69) is 15.4 Å². The Morgan fingerprint density at radius 3 is 2.90 bits per heavy atom. The Morgan fingerprint density at radius 1 is 1.41 bits per heavy atom. The maximum atomic E-state index is 13.6. The number of aromatic nitrogens is 3. The average Bonchev–Trinajstić information content (AvgIpc) is 3.44. The molecule has 0 bridgehead atoms. The summed E-state index contributed by atoms with van der Waals surface area (Å²) >= 11 is 1.38. The minimum Gasteiger partial charge on any atom is -0.376 e. The third-order valence-corrected chi connectivity index (χ3v) is 6.04. The highest BCUT2D eigenvalue weighted by Crippen LogP contribution is 2.34. The van der Waals surface area contributed by atoms with Crippen molar-refractivity contribution >= 4 is 22.9 Å². The van der Waals surface area contributed by atoms with Gasteiger partial charge in [-0.3, -0.25) is 4.79 Å². The number of amides is 1. The van der Waals surface area contributed by atoms with Crippen LogP contribution < -0.4 is 5.32 Å². The van der Waals surface area contributed by atoms with Crippen LogP contribution in [0.1, 0.15) is 40.7 Å². The molecule has 29 heavy (non-hydrogen) atoms. The molecule has 1 aliphatic rings. The predicted molar refractivity (Wildman–Crippen MR) is 102 cm³/mol. The lowest BCUT2D eigenvalue weighted by molar-refractivity contribution is -0.142. The van der Waals surface area contributed by atoms with E-state index in [9.17, 15) is 18.0 Å². The van der Waals surface area contributed by atoms with Crippen LogP contribution in [0.15, 0.2) is 24.4 Å². The molecule has 0 aliphatic carbocycles. The van der Waals surface area contributed by atoms with E-state index < -0.39 is 17.8 Å². The average molecular weight is 424 g/mol. The van der Waals surface area contributed by atoms with Crippen LogP contribution in [-0.2, 0) is 17.3 Å². The van der Waals surface area contributed by atoms with Crippen molar-refractivity contribution in [2.45, 2.75) is 38.5 Å². The van der Waals surface area contributed by atoms with Crippen LogP contribution in [0.25, 0.3) is 16.2 Å². The quantitative estimate of drug-likeness (QED) is 0.674. The SMILES string of the molecule is CCc1ccc(-c2cc(C(F)(F)F)n3ncc(C(=O)NC[C@H]4CCCO4)c3n2)s1. The summed E-state index contributed by atoms with van der Waals surface area (Å²) in [5, 5.41) is 6.50. The second-order valence-corrected chi connectivity index (χ2v) is 7.95. The molecule has 1 atom stereocenters. The summed E-state index contributed by atoms with van der Waals surface area (Å²) in [6.45, 7) is 2.92. The van der Waals surface area contributed by atoms with Gasteiger partial charge in [0.15, 0.2) is 11.3 Å². The molecule has 0 spiro atoms. The van der Waals surface area contributed by atoms with Gasteiger partial charge in [0, 0.05) is 18.0 Å². The van der Waals surface area contributed by atoms with Crippen molar-refractivity contribution in [3.05, 3.63) is 40.5 Å². The van der Waals surface area contributed by atoms with E-state index in [1.807, 2.05) is 13.0 Å². The second kappa shape index (κ2) is 7.75. The highest BCUT2D eigenvalue weighted by atomic mass is 32.1. The topological polar surface area (TPSA) is 68.5 Å². The number of halogens is 3. The summed E-state index contributed by atoms with van der Waals surface area (Å²) < 4.78 is 47.1. The zero-order chi connectivity index (χ0) is 20.6. The molecule has 1 saturated heterocycles. The molecular formula is C19H19F3N4O2S. The largest absolute Gasteiger partial charge is 0.433 e. The molecule has 1 fully saturated rings. The number of ether oxygens (including phenoxy) is 1. The van der Waals surface area contributed by atoms with Crippen molar-refractivity contribution in [2.24, 2.45) is 0 Å². The first kappa shape index (κ1) is 19.8. The first-order chi connectivity index (χ1) is 13.9. The molecule has 4 rings (SSSR count). The number of hydrogen-bond acceptors (Lipinski definition) is 5. The molecule has 1 amide bonds.